The third-order valence-corrected chi connectivity index (χ3v) is 18.4. The van der Waals surface area contributed by atoms with Crippen LogP contribution in [0.4, 0.5) is 0 Å². The Bertz CT molecular complexity index is 5900. The van der Waals surface area contributed by atoms with Gasteiger partial charge in [-0.1, -0.05) is 181 Å². The molecule has 29 nitrogen and oxygen atoms in total. The average molecular weight is 1680 g/mol. The van der Waals surface area contributed by atoms with E-state index in [-0.39, 0.29) is 123 Å². The second-order valence-corrected chi connectivity index (χ2v) is 27.1. The van der Waals surface area contributed by atoms with Crippen molar-refractivity contribution in [2.45, 2.75) is 53.5 Å². The number of benzene rings is 12. The lowest BCUT2D eigenvalue weighted by Gasteiger charge is -2.11. The van der Waals surface area contributed by atoms with Crippen LogP contribution in [-0.2, 0) is 68.1 Å². The molecule has 0 heterocycles. The number of ether oxygens (including phenoxy) is 6. The minimum atomic E-state index is -1.50. The van der Waals surface area contributed by atoms with Gasteiger partial charge in [-0.25, -0.2) is 57.5 Å². The minimum Gasteiger partial charge on any atom is -0.508 e. The van der Waals surface area contributed by atoms with E-state index in [1.54, 1.807) is 84.9 Å². The number of hydrogen-bond donors (Lipinski definition) is 8. The summed E-state index contributed by atoms with van der Waals surface area (Å²) in [6.45, 7) is 3.03. The molecule has 0 radical (unpaired) electrons. The van der Waals surface area contributed by atoms with E-state index in [0.29, 0.717) is 27.8 Å². The Kier molecular flexibility index (Phi) is 29.7. The summed E-state index contributed by atoms with van der Waals surface area (Å²) < 4.78 is 31.4. The molecule has 0 unspecified atom stereocenters. The number of rotatable bonds is 30. The van der Waals surface area contributed by atoms with Gasteiger partial charge in [0.05, 0.1) is 66.8 Å². The first-order valence-corrected chi connectivity index (χ1v) is 37.0. The Morgan fingerprint density at radius 2 is 0.379 bits per heavy atom. The first-order chi connectivity index (χ1) is 59.3. The number of aromatic hydroxyl groups is 2. The summed E-state index contributed by atoms with van der Waals surface area (Å²) in [6.07, 6.45) is 0. The third-order valence-electron chi connectivity index (χ3n) is 18.4. The molecule has 0 aliphatic carbocycles. The number of ketones is 3. The molecule has 124 heavy (non-hydrogen) atoms. The molecule has 0 spiro atoms. The number of phenols is 2. The quantitative estimate of drug-likeness (QED) is 0.0118. The second-order valence-electron chi connectivity index (χ2n) is 27.1. The summed E-state index contributed by atoms with van der Waals surface area (Å²) in [5, 5.41) is 76.6. The van der Waals surface area contributed by atoms with Gasteiger partial charge in [-0.3, -0.25) is 14.4 Å². The van der Waals surface area contributed by atoms with Gasteiger partial charge in [0.25, 0.3) is 0 Å². The number of carboxylic acids is 6. The van der Waals surface area contributed by atoms with Gasteiger partial charge in [-0.15, -0.1) is 0 Å². The number of carboxylic acid groups (broad SMARTS) is 6. The lowest BCUT2D eigenvalue weighted by Crippen LogP contribution is -2.15. The number of esters is 6. The van der Waals surface area contributed by atoms with Crippen molar-refractivity contribution in [1.82, 2.24) is 0 Å². The Hall–Kier alpha value is -17.1. The smallest absolute Gasteiger partial charge is 0.339 e. The van der Waals surface area contributed by atoms with E-state index in [1.165, 1.54) is 97.1 Å². The third kappa shape index (κ3) is 23.6. The number of hydrogen-bond acceptors (Lipinski definition) is 23. The van der Waals surface area contributed by atoms with Crippen molar-refractivity contribution in [2.75, 3.05) is 0 Å². The van der Waals surface area contributed by atoms with Gasteiger partial charge in [0.1, 0.15) is 51.1 Å². The zero-order chi connectivity index (χ0) is 89.4. The van der Waals surface area contributed by atoms with Crippen molar-refractivity contribution >= 4 is 89.0 Å². The zero-order valence-electron chi connectivity index (χ0n) is 65.3. The lowest BCUT2D eigenvalue weighted by molar-refractivity contribution is 0.0458. The normalized spacial score (nSPS) is 10.5. The summed E-state index contributed by atoms with van der Waals surface area (Å²) >= 11 is 0. The molecule has 0 aliphatic heterocycles. The van der Waals surface area contributed by atoms with E-state index in [4.69, 9.17) is 28.4 Å². The molecule has 0 saturated carbocycles. The molecule has 0 fully saturated rings. The molecule has 12 aromatic rings. The van der Waals surface area contributed by atoms with Crippen LogP contribution in [0.15, 0.2) is 267 Å². The SMILES string of the molecule is Cc1ccc(COC(=O)c2ccc(C(=O)c3ccc(C(=O)O)c(C(=O)OCc4ccc(C)cc4)c3)cc2C(=O)O)cc1.O=C(c1ccc(C(=O)OCc2ccc(O)cc2)c(C(=O)O)c1)c1ccc(C(=O)O)c(C(=O)OCc2ccc(O)cc2)c1.O=C(c1ccc(C(=O)OCc2ccccc2)c(C(=O)O)c1)c1ccc(C(=O)O)c(C(=O)OCc2ccccc2)c1. The van der Waals surface area contributed by atoms with Gasteiger partial charge < -0.3 is 69.3 Å². The zero-order valence-corrected chi connectivity index (χ0v) is 65.3. The average Bonchev–Trinajstić information content (AvgIpc) is 0.802. The number of aromatic carboxylic acids is 6. The van der Waals surface area contributed by atoms with Crippen LogP contribution < -0.4 is 0 Å². The van der Waals surface area contributed by atoms with Crippen LogP contribution in [-0.4, -0.2) is 130 Å². The monoisotopic (exact) mass is 1670 g/mol. The molecule has 0 aromatic heterocycles. The second kappa shape index (κ2) is 41.3. The maximum Gasteiger partial charge on any atom is 0.339 e. The first-order valence-electron chi connectivity index (χ1n) is 37.0. The summed E-state index contributed by atoms with van der Waals surface area (Å²) in [5.74, 6) is -16.3. The molecule has 8 N–H and O–H groups in total. The van der Waals surface area contributed by atoms with Gasteiger partial charge in [-0.05, 0) is 144 Å². The van der Waals surface area contributed by atoms with Gasteiger partial charge in [0, 0.05) is 33.4 Å². The summed E-state index contributed by atoms with van der Waals surface area (Å²) in [5.41, 5.74) is 0.883. The fraction of sp³-hybridized carbons (Fsp3) is 0.0842. The first kappa shape index (κ1) is 89.2. The molecular formula is C95H70O29. The molecule has 0 saturated heterocycles. The van der Waals surface area contributed by atoms with E-state index in [0.717, 1.165) is 77.4 Å². The topological polar surface area (TPSA) is 473 Å². The maximum absolute atomic E-state index is 13.3. The van der Waals surface area contributed by atoms with E-state index in [2.05, 4.69) is 0 Å². The van der Waals surface area contributed by atoms with Crippen LogP contribution in [0.3, 0.4) is 0 Å². The summed E-state index contributed by atoms with van der Waals surface area (Å²) in [7, 11) is 0. The fourth-order valence-corrected chi connectivity index (χ4v) is 11.8. The van der Waals surface area contributed by atoms with Crippen molar-refractivity contribution in [1.29, 1.82) is 0 Å². The number of carbonyl (C=O) groups excluding carboxylic acids is 9. The number of carbonyl (C=O) groups is 15. The Labute approximate surface area is 703 Å². The van der Waals surface area contributed by atoms with Gasteiger partial charge in [0.15, 0.2) is 17.3 Å². The maximum atomic E-state index is 13.3. The summed E-state index contributed by atoms with van der Waals surface area (Å²) in [4.78, 5) is 187. The van der Waals surface area contributed by atoms with E-state index >= 15 is 0 Å². The Morgan fingerprint density at radius 3 is 0.589 bits per heavy atom. The molecule has 29 heteroatoms. The van der Waals surface area contributed by atoms with E-state index in [9.17, 15) is 113 Å². The minimum absolute atomic E-state index is 0.00881. The van der Waals surface area contributed by atoms with Crippen LogP contribution >= 0.6 is 0 Å². The largest absolute Gasteiger partial charge is 0.508 e. The lowest BCUT2D eigenvalue weighted by atomic mass is 9.95. The molecule has 12 rings (SSSR count). The predicted octanol–water partition coefficient (Wildman–Crippen LogP) is 15.1. The number of phenolic OH excluding ortho intramolecular Hbond substituents is 2. The van der Waals surface area contributed by atoms with Crippen molar-refractivity contribution in [3.63, 3.8) is 0 Å². The Morgan fingerprint density at radius 1 is 0.202 bits per heavy atom. The van der Waals surface area contributed by atoms with Crippen molar-refractivity contribution in [2.24, 2.45) is 0 Å². The molecule has 0 amide bonds. The standard InChI is InChI=1S/C33H26O9.C31H22O11.C31H22O9/c1-19-3-7-21(8-4-19)17-41-32(39)26-14-12-23(15-27(26)31(37)38)29(34)24-11-13-25(30(35)36)28(16-24)33(40)42-18-22-9-5-20(2)6-10-22;32-21-7-1-17(2-8-21)15-41-30(39)24-12-6-19(13-25(24)29(37)38)27(34)20-5-11-23(28(35)36)26(14-20)31(40)42-16-18-3-9-22(33)10-4-18;32-27(21-12-14-24(25(15-21)29(35)36)30(37)39-17-19-7-3-1-4-8-19)22-11-13-23(28(33)34)26(16-22)31(38)40-18-20-9-5-2-6-10-20/h3-16H,17-18H2,1-2H3,(H,35,36)(H,37,38);1-14,32-33H,15-16H2,(H,35,36)(H,37,38);1-16H,17-18H2,(H,33,34)(H,35,36). The highest BCUT2D eigenvalue weighted by Gasteiger charge is 2.29. The summed E-state index contributed by atoms with van der Waals surface area (Å²) in [6, 6.07) is 64.0. The number of aryl methyl sites for hydroxylation is 2. The highest BCUT2D eigenvalue weighted by molar-refractivity contribution is 6.16. The van der Waals surface area contributed by atoms with E-state index < -0.39 is 117 Å². The van der Waals surface area contributed by atoms with E-state index in [1.807, 2.05) is 38.1 Å². The molecule has 0 aliphatic rings. The van der Waals surface area contributed by atoms with Crippen LogP contribution in [0.2, 0.25) is 0 Å². The van der Waals surface area contributed by atoms with Crippen molar-refractivity contribution in [3.8, 4) is 11.5 Å². The fourth-order valence-electron chi connectivity index (χ4n) is 11.8. The highest BCUT2D eigenvalue weighted by Crippen LogP contribution is 2.28. The highest BCUT2D eigenvalue weighted by atomic mass is 16.6. The molecule has 0 atom stereocenters. The van der Waals surface area contributed by atoms with Gasteiger partial charge >= 0.3 is 71.6 Å². The molecule has 0 bridgehead atoms. The predicted molar refractivity (Wildman–Crippen MR) is 437 cm³/mol. The van der Waals surface area contributed by atoms with Gasteiger partial charge in [-0.2, -0.15) is 0 Å². The van der Waals surface area contributed by atoms with Crippen LogP contribution in [0.5, 0.6) is 11.5 Å². The van der Waals surface area contributed by atoms with Crippen LogP contribution in [0.1, 0.15) is 217 Å². The van der Waals surface area contributed by atoms with Crippen molar-refractivity contribution in [3.05, 3.63) is 412 Å². The van der Waals surface area contributed by atoms with Crippen molar-refractivity contribution < 1.29 is 141 Å². The van der Waals surface area contributed by atoms with Gasteiger partial charge in [0.2, 0.25) is 0 Å². The molecule has 624 valence electrons. The van der Waals surface area contributed by atoms with Crippen LogP contribution in [0, 0.1) is 13.8 Å². The molecule has 12 aromatic carbocycles. The molecular weight excluding hydrogens is 1610 g/mol. The van der Waals surface area contributed by atoms with Crippen LogP contribution in [0.25, 0.3) is 0 Å². The Balaban J connectivity index is 0.000000195.